The SMILES string of the molecule is Cn1cc(Oc2ccccc2[N+](=O)[O-])cn1. The number of ether oxygens (including phenoxy) is 1. The first-order valence-corrected chi connectivity index (χ1v) is 4.57. The van der Waals surface area contributed by atoms with Gasteiger partial charge in [0.2, 0.25) is 5.75 Å². The lowest BCUT2D eigenvalue weighted by atomic mass is 10.3. The number of rotatable bonds is 3. The number of para-hydroxylation sites is 2. The first kappa shape index (κ1) is 10.2. The quantitative estimate of drug-likeness (QED) is 0.585. The highest BCUT2D eigenvalue weighted by atomic mass is 16.6. The van der Waals surface area contributed by atoms with Crippen LogP contribution in [0.2, 0.25) is 0 Å². The standard InChI is InChI=1S/C10H9N3O3/c1-12-7-8(6-11-12)16-10-5-3-2-4-9(10)13(14)15/h2-7H,1H3. The molecule has 0 saturated heterocycles. The molecule has 6 heteroatoms. The fourth-order valence-corrected chi connectivity index (χ4v) is 1.27. The molecule has 16 heavy (non-hydrogen) atoms. The molecule has 0 fully saturated rings. The van der Waals surface area contributed by atoms with Crippen LogP contribution in [0, 0.1) is 10.1 Å². The van der Waals surface area contributed by atoms with E-state index >= 15 is 0 Å². The van der Waals surface area contributed by atoms with Crippen LogP contribution in [0.5, 0.6) is 11.5 Å². The molecular formula is C10H9N3O3. The van der Waals surface area contributed by atoms with Gasteiger partial charge >= 0.3 is 5.69 Å². The molecule has 2 rings (SSSR count). The predicted molar refractivity (Wildman–Crippen MR) is 56.4 cm³/mol. The molecule has 6 nitrogen and oxygen atoms in total. The van der Waals surface area contributed by atoms with E-state index in [1.807, 2.05) is 0 Å². The molecule has 1 aromatic carbocycles. The number of aryl methyl sites for hydroxylation is 1. The molecule has 0 aliphatic rings. The summed E-state index contributed by atoms with van der Waals surface area (Å²) in [5, 5.41) is 14.6. The summed E-state index contributed by atoms with van der Waals surface area (Å²) >= 11 is 0. The zero-order valence-electron chi connectivity index (χ0n) is 8.53. The predicted octanol–water partition coefficient (Wildman–Crippen LogP) is 2.12. The van der Waals surface area contributed by atoms with Crippen molar-refractivity contribution in [3.05, 3.63) is 46.8 Å². The fourth-order valence-electron chi connectivity index (χ4n) is 1.27. The molecule has 0 bridgehead atoms. The maximum atomic E-state index is 10.7. The van der Waals surface area contributed by atoms with Gasteiger partial charge in [-0.25, -0.2) is 0 Å². The van der Waals surface area contributed by atoms with E-state index in [1.165, 1.54) is 12.3 Å². The maximum Gasteiger partial charge on any atom is 0.311 e. The van der Waals surface area contributed by atoms with Gasteiger partial charge in [0.25, 0.3) is 0 Å². The van der Waals surface area contributed by atoms with Crippen molar-refractivity contribution in [3.63, 3.8) is 0 Å². The van der Waals surface area contributed by atoms with Gasteiger partial charge in [-0.2, -0.15) is 5.10 Å². The number of benzene rings is 1. The molecule has 0 unspecified atom stereocenters. The number of hydrogen-bond acceptors (Lipinski definition) is 4. The monoisotopic (exact) mass is 219 g/mol. The molecule has 0 atom stereocenters. The van der Waals surface area contributed by atoms with E-state index in [2.05, 4.69) is 5.10 Å². The van der Waals surface area contributed by atoms with Crippen molar-refractivity contribution in [3.8, 4) is 11.5 Å². The van der Waals surface area contributed by atoms with Gasteiger partial charge in [-0.1, -0.05) is 12.1 Å². The van der Waals surface area contributed by atoms with Gasteiger partial charge < -0.3 is 4.74 Å². The molecule has 0 aliphatic heterocycles. The van der Waals surface area contributed by atoms with Gasteiger partial charge in [0.1, 0.15) is 0 Å². The van der Waals surface area contributed by atoms with Crippen molar-refractivity contribution in [2.24, 2.45) is 7.05 Å². The third-order valence-electron chi connectivity index (χ3n) is 1.97. The summed E-state index contributed by atoms with van der Waals surface area (Å²) in [6, 6.07) is 6.21. The summed E-state index contributed by atoms with van der Waals surface area (Å²) in [6.45, 7) is 0. The lowest BCUT2D eigenvalue weighted by Gasteiger charge is -2.02. The van der Waals surface area contributed by atoms with Crippen LogP contribution in [0.4, 0.5) is 5.69 Å². The second-order valence-electron chi connectivity index (χ2n) is 3.18. The van der Waals surface area contributed by atoms with Crippen LogP contribution in [-0.4, -0.2) is 14.7 Å². The highest BCUT2D eigenvalue weighted by Crippen LogP contribution is 2.30. The summed E-state index contributed by atoms with van der Waals surface area (Å²) in [6.07, 6.45) is 3.13. The second-order valence-corrected chi connectivity index (χ2v) is 3.18. The van der Waals surface area contributed by atoms with E-state index in [0.717, 1.165) is 0 Å². The molecule has 2 aromatic rings. The summed E-state index contributed by atoms with van der Waals surface area (Å²) < 4.78 is 6.93. The van der Waals surface area contributed by atoms with Gasteiger partial charge in [0.05, 0.1) is 17.3 Å². The van der Waals surface area contributed by atoms with E-state index in [0.29, 0.717) is 5.75 Å². The van der Waals surface area contributed by atoms with Crippen LogP contribution >= 0.6 is 0 Å². The van der Waals surface area contributed by atoms with E-state index in [-0.39, 0.29) is 11.4 Å². The summed E-state index contributed by atoms with van der Waals surface area (Å²) in [7, 11) is 1.74. The number of aromatic nitrogens is 2. The molecule has 82 valence electrons. The van der Waals surface area contributed by atoms with Crippen LogP contribution in [-0.2, 0) is 7.05 Å². The number of hydrogen-bond donors (Lipinski definition) is 0. The number of nitrogens with zero attached hydrogens (tertiary/aromatic N) is 3. The second kappa shape index (κ2) is 4.01. The van der Waals surface area contributed by atoms with Crippen molar-refractivity contribution >= 4 is 5.69 Å². The van der Waals surface area contributed by atoms with E-state index in [4.69, 9.17) is 4.74 Å². The molecule has 0 spiro atoms. The van der Waals surface area contributed by atoms with Crippen molar-refractivity contribution in [1.82, 2.24) is 9.78 Å². The van der Waals surface area contributed by atoms with Crippen LogP contribution in [0.25, 0.3) is 0 Å². The van der Waals surface area contributed by atoms with Crippen LogP contribution in [0.1, 0.15) is 0 Å². The largest absolute Gasteiger partial charge is 0.447 e. The normalized spacial score (nSPS) is 10.1. The van der Waals surface area contributed by atoms with E-state index in [1.54, 1.807) is 36.1 Å². The van der Waals surface area contributed by atoms with Gasteiger partial charge in [-0.3, -0.25) is 14.8 Å². The van der Waals surface area contributed by atoms with Gasteiger partial charge in [-0.05, 0) is 6.07 Å². The van der Waals surface area contributed by atoms with Crippen molar-refractivity contribution in [2.75, 3.05) is 0 Å². The lowest BCUT2D eigenvalue weighted by molar-refractivity contribution is -0.385. The number of nitro groups is 1. The van der Waals surface area contributed by atoms with E-state index < -0.39 is 4.92 Å². The van der Waals surface area contributed by atoms with Gasteiger partial charge in [-0.15, -0.1) is 0 Å². The molecule has 0 N–H and O–H groups in total. The Morgan fingerprint density at radius 1 is 1.44 bits per heavy atom. The van der Waals surface area contributed by atoms with Crippen LogP contribution in [0.3, 0.4) is 0 Å². The Kier molecular flexibility index (Phi) is 2.55. The molecule has 0 saturated carbocycles. The first-order valence-electron chi connectivity index (χ1n) is 4.57. The van der Waals surface area contributed by atoms with E-state index in [9.17, 15) is 10.1 Å². The Bertz CT molecular complexity index is 522. The molecular weight excluding hydrogens is 210 g/mol. The Hall–Kier alpha value is -2.37. The molecule has 1 heterocycles. The first-order chi connectivity index (χ1) is 7.66. The summed E-state index contributed by atoms with van der Waals surface area (Å²) in [5.74, 6) is 0.678. The third kappa shape index (κ3) is 2.00. The van der Waals surface area contributed by atoms with Gasteiger partial charge in [0, 0.05) is 13.1 Å². The number of nitro benzene ring substituents is 1. The average Bonchev–Trinajstić information content (AvgIpc) is 2.64. The Morgan fingerprint density at radius 2 is 2.19 bits per heavy atom. The van der Waals surface area contributed by atoms with Crippen molar-refractivity contribution < 1.29 is 9.66 Å². The summed E-state index contributed by atoms with van der Waals surface area (Å²) in [5.41, 5.74) is -0.0636. The van der Waals surface area contributed by atoms with Gasteiger partial charge in [0.15, 0.2) is 5.75 Å². The minimum absolute atomic E-state index is 0.0636. The maximum absolute atomic E-state index is 10.7. The highest BCUT2D eigenvalue weighted by Gasteiger charge is 2.14. The van der Waals surface area contributed by atoms with Crippen molar-refractivity contribution in [1.29, 1.82) is 0 Å². The Labute approximate surface area is 91.2 Å². The molecule has 0 radical (unpaired) electrons. The molecule has 1 aromatic heterocycles. The smallest absolute Gasteiger partial charge is 0.311 e. The van der Waals surface area contributed by atoms with Crippen LogP contribution < -0.4 is 4.74 Å². The zero-order chi connectivity index (χ0) is 11.5. The third-order valence-corrected chi connectivity index (χ3v) is 1.97. The zero-order valence-corrected chi connectivity index (χ0v) is 8.53. The fraction of sp³-hybridized carbons (Fsp3) is 0.100. The van der Waals surface area contributed by atoms with Crippen molar-refractivity contribution in [2.45, 2.75) is 0 Å². The minimum atomic E-state index is -0.480. The topological polar surface area (TPSA) is 70.2 Å². The Morgan fingerprint density at radius 3 is 2.81 bits per heavy atom. The highest BCUT2D eigenvalue weighted by molar-refractivity contribution is 5.47. The molecule has 0 aliphatic carbocycles. The lowest BCUT2D eigenvalue weighted by Crippen LogP contribution is -1.92. The minimum Gasteiger partial charge on any atom is -0.447 e. The van der Waals surface area contributed by atoms with Crippen LogP contribution in [0.15, 0.2) is 36.7 Å². The molecule has 0 amide bonds. The average molecular weight is 219 g/mol. The Balaban J connectivity index is 2.31. The summed E-state index contributed by atoms with van der Waals surface area (Å²) in [4.78, 5) is 10.2.